The molecule has 0 N–H and O–H groups in total. The number of nitrogens with zero attached hydrogens (tertiary/aromatic N) is 2. The van der Waals surface area contributed by atoms with E-state index in [0.29, 0.717) is 23.7 Å². The van der Waals surface area contributed by atoms with Gasteiger partial charge in [0.1, 0.15) is 24.0 Å². The van der Waals surface area contributed by atoms with E-state index in [1.807, 2.05) is 6.07 Å². The van der Waals surface area contributed by atoms with Crippen molar-refractivity contribution < 1.29 is 13.9 Å². The molecule has 1 aromatic carbocycles. The lowest BCUT2D eigenvalue weighted by Gasteiger charge is -2.54. The van der Waals surface area contributed by atoms with Gasteiger partial charge in [0.25, 0.3) is 0 Å². The van der Waals surface area contributed by atoms with Gasteiger partial charge in [-0.15, -0.1) is 0 Å². The molecule has 5 heteroatoms. The number of hydrogen-bond acceptors (Lipinski definition) is 4. The van der Waals surface area contributed by atoms with Crippen LogP contribution in [0.1, 0.15) is 12.8 Å². The molecule has 2 aromatic rings. The van der Waals surface area contributed by atoms with Crippen LogP contribution in [0.5, 0.6) is 5.75 Å². The molecule has 1 spiro atoms. The Bertz CT molecular complexity index is 747. The van der Waals surface area contributed by atoms with E-state index in [4.69, 9.17) is 4.74 Å². The summed E-state index contributed by atoms with van der Waals surface area (Å²) in [7, 11) is 0. The number of halogens is 1. The van der Waals surface area contributed by atoms with Gasteiger partial charge in [0, 0.05) is 67.5 Å². The minimum absolute atomic E-state index is 0.272. The molecule has 0 bridgehead atoms. The van der Waals surface area contributed by atoms with Gasteiger partial charge in [-0.25, -0.2) is 4.39 Å². The Morgan fingerprint density at radius 1 is 1.25 bits per heavy atom. The molecule has 2 fully saturated rings. The highest BCUT2D eigenvalue weighted by Crippen LogP contribution is 2.45. The lowest BCUT2D eigenvalue weighted by atomic mass is 9.63. The van der Waals surface area contributed by atoms with E-state index in [1.54, 1.807) is 30.6 Å². The first kappa shape index (κ1) is 15.3. The standard InChI is InChI=1S/C19H19FN2O2/c20-18-8-16(3-4-17(18)14-2-1-5-21-11-14)24-7-6-22-12-19(13-22)9-15(23)10-19/h1-5,8,11H,6-7,9-10,12-13H2. The smallest absolute Gasteiger partial charge is 0.134 e. The van der Waals surface area contributed by atoms with Crippen LogP contribution in [0, 0.1) is 11.2 Å². The summed E-state index contributed by atoms with van der Waals surface area (Å²) in [4.78, 5) is 17.4. The van der Waals surface area contributed by atoms with Gasteiger partial charge in [0.05, 0.1) is 0 Å². The van der Waals surface area contributed by atoms with Gasteiger partial charge in [-0.3, -0.25) is 14.7 Å². The van der Waals surface area contributed by atoms with Crippen LogP contribution in [-0.2, 0) is 4.79 Å². The molecule has 24 heavy (non-hydrogen) atoms. The van der Waals surface area contributed by atoms with Crippen molar-refractivity contribution in [3.63, 3.8) is 0 Å². The predicted octanol–water partition coefficient (Wildman–Crippen LogP) is 2.93. The molecule has 1 aliphatic heterocycles. The number of carbonyl (C=O) groups excluding carboxylic acids is 1. The maximum Gasteiger partial charge on any atom is 0.134 e. The molecule has 2 heterocycles. The summed E-state index contributed by atoms with van der Waals surface area (Å²) in [6, 6.07) is 8.55. The van der Waals surface area contributed by atoms with Crippen molar-refractivity contribution in [2.45, 2.75) is 12.8 Å². The molecular formula is C19H19FN2O2. The van der Waals surface area contributed by atoms with Gasteiger partial charge < -0.3 is 4.74 Å². The van der Waals surface area contributed by atoms with Gasteiger partial charge in [-0.1, -0.05) is 6.07 Å². The minimum Gasteiger partial charge on any atom is -0.492 e. The van der Waals surface area contributed by atoms with Crippen molar-refractivity contribution in [3.8, 4) is 16.9 Å². The molecule has 124 valence electrons. The third kappa shape index (κ3) is 2.91. The maximum absolute atomic E-state index is 14.2. The van der Waals surface area contributed by atoms with E-state index in [2.05, 4.69) is 9.88 Å². The molecule has 4 nitrogen and oxygen atoms in total. The number of aromatic nitrogens is 1. The van der Waals surface area contributed by atoms with E-state index < -0.39 is 0 Å². The van der Waals surface area contributed by atoms with Gasteiger partial charge >= 0.3 is 0 Å². The van der Waals surface area contributed by atoms with E-state index in [0.717, 1.165) is 38.0 Å². The lowest BCUT2D eigenvalue weighted by molar-refractivity contribution is -0.145. The Labute approximate surface area is 140 Å². The Balaban J connectivity index is 1.28. The van der Waals surface area contributed by atoms with Gasteiger partial charge in [0.15, 0.2) is 0 Å². The van der Waals surface area contributed by atoms with Crippen molar-refractivity contribution in [1.29, 1.82) is 0 Å². The molecule has 1 saturated carbocycles. The van der Waals surface area contributed by atoms with Crippen LogP contribution in [0.25, 0.3) is 11.1 Å². The molecule has 0 amide bonds. The third-order valence-corrected chi connectivity index (χ3v) is 4.85. The number of pyridine rings is 1. The number of benzene rings is 1. The fourth-order valence-corrected chi connectivity index (χ4v) is 3.70. The van der Waals surface area contributed by atoms with Crippen LogP contribution in [0.4, 0.5) is 4.39 Å². The van der Waals surface area contributed by atoms with Crippen molar-refractivity contribution in [2.24, 2.45) is 5.41 Å². The van der Waals surface area contributed by atoms with Crippen LogP contribution >= 0.6 is 0 Å². The average molecular weight is 326 g/mol. The highest BCUT2D eigenvalue weighted by molar-refractivity contribution is 5.86. The summed E-state index contributed by atoms with van der Waals surface area (Å²) >= 11 is 0. The van der Waals surface area contributed by atoms with Crippen LogP contribution in [0.15, 0.2) is 42.7 Å². The van der Waals surface area contributed by atoms with Crippen molar-refractivity contribution in [3.05, 3.63) is 48.5 Å². The number of likely N-dealkylation sites (tertiary alicyclic amines) is 1. The summed E-state index contributed by atoms with van der Waals surface area (Å²) in [5.74, 6) is 0.612. The first-order valence-electron chi connectivity index (χ1n) is 8.20. The normalized spacial score (nSPS) is 19.0. The fourth-order valence-electron chi connectivity index (χ4n) is 3.70. The number of hydrogen-bond donors (Lipinski definition) is 0. The quantitative estimate of drug-likeness (QED) is 0.847. The molecule has 4 rings (SSSR count). The highest BCUT2D eigenvalue weighted by Gasteiger charge is 2.51. The molecule has 1 aromatic heterocycles. The average Bonchev–Trinajstić information content (AvgIpc) is 2.52. The Morgan fingerprint density at radius 3 is 2.75 bits per heavy atom. The summed E-state index contributed by atoms with van der Waals surface area (Å²) < 4.78 is 19.9. The zero-order valence-corrected chi connectivity index (χ0v) is 13.4. The summed E-state index contributed by atoms with van der Waals surface area (Å²) in [5.41, 5.74) is 1.55. The largest absolute Gasteiger partial charge is 0.492 e. The summed E-state index contributed by atoms with van der Waals surface area (Å²) in [6.07, 6.45) is 4.79. The second-order valence-corrected chi connectivity index (χ2v) is 6.83. The summed E-state index contributed by atoms with van der Waals surface area (Å²) in [6.45, 7) is 3.30. The zero-order valence-electron chi connectivity index (χ0n) is 13.4. The molecule has 0 unspecified atom stereocenters. The summed E-state index contributed by atoms with van der Waals surface area (Å²) in [5, 5.41) is 0. The Hall–Kier alpha value is -2.27. The van der Waals surface area contributed by atoms with E-state index in [9.17, 15) is 9.18 Å². The first-order valence-corrected chi connectivity index (χ1v) is 8.20. The van der Waals surface area contributed by atoms with Crippen LogP contribution in [0.3, 0.4) is 0 Å². The second kappa shape index (κ2) is 5.98. The van der Waals surface area contributed by atoms with Crippen molar-refractivity contribution in [2.75, 3.05) is 26.2 Å². The van der Waals surface area contributed by atoms with Crippen LogP contribution in [0.2, 0.25) is 0 Å². The molecule has 1 saturated heterocycles. The van der Waals surface area contributed by atoms with Crippen molar-refractivity contribution in [1.82, 2.24) is 9.88 Å². The van der Waals surface area contributed by atoms with Crippen LogP contribution < -0.4 is 4.74 Å². The van der Waals surface area contributed by atoms with Crippen molar-refractivity contribution >= 4 is 5.78 Å². The Kier molecular flexibility index (Phi) is 3.81. The number of ether oxygens (including phenoxy) is 1. The van der Waals surface area contributed by atoms with Crippen LogP contribution in [-0.4, -0.2) is 41.9 Å². The maximum atomic E-state index is 14.2. The first-order chi connectivity index (χ1) is 11.6. The number of Topliss-reactive ketones (excluding diaryl/α,β-unsaturated/α-hetero) is 1. The molecule has 1 aliphatic carbocycles. The van der Waals surface area contributed by atoms with E-state index in [-0.39, 0.29) is 11.2 Å². The third-order valence-electron chi connectivity index (χ3n) is 4.85. The van der Waals surface area contributed by atoms with Gasteiger partial charge in [-0.05, 0) is 18.2 Å². The lowest BCUT2D eigenvalue weighted by Crippen LogP contribution is -2.63. The molecule has 0 radical (unpaired) electrons. The Morgan fingerprint density at radius 2 is 2.08 bits per heavy atom. The number of carbonyl (C=O) groups is 1. The topological polar surface area (TPSA) is 42.4 Å². The van der Waals surface area contributed by atoms with Gasteiger partial charge in [-0.2, -0.15) is 0 Å². The monoisotopic (exact) mass is 326 g/mol. The molecule has 0 atom stereocenters. The highest BCUT2D eigenvalue weighted by atomic mass is 19.1. The van der Waals surface area contributed by atoms with Gasteiger partial charge in [0.2, 0.25) is 0 Å². The zero-order chi connectivity index (χ0) is 16.6. The molecular weight excluding hydrogens is 307 g/mol. The minimum atomic E-state index is -0.309. The SMILES string of the molecule is O=C1CC2(C1)CN(CCOc1ccc(-c3cccnc3)c(F)c1)C2. The van der Waals surface area contributed by atoms with E-state index in [1.165, 1.54) is 6.07 Å². The second-order valence-electron chi connectivity index (χ2n) is 6.83. The van der Waals surface area contributed by atoms with E-state index >= 15 is 0 Å². The molecule has 2 aliphatic rings. The predicted molar refractivity (Wildman–Crippen MR) is 88.2 cm³/mol. The fraction of sp³-hybridized carbons (Fsp3) is 0.368. The number of ketones is 1. The number of rotatable bonds is 5.